The molecule has 4 nitrogen and oxygen atoms in total. The Morgan fingerprint density at radius 3 is 1.57 bits per heavy atom. The molecule has 0 bridgehead atoms. The van der Waals surface area contributed by atoms with Gasteiger partial charge in [0, 0.05) is 0 Å². The van der Waals surface area contributed by atoms with Crippen molar-refractivity contribution in [2.75, 3.05) is 13.2 Å². The molecule has 1 aromatic rings. The average Bonchev–Trinajstić information content (AvgIpc) is 2.38. The van der Waals surface area contributed by atoms with Crippen LogP contribution in [-0.4, -0.2) is 25.4 Å². The molecule has 21 heavy (non-hydrogen) atoms. The molecular formula is C16H29O4P. The molecular weight excluding hydrogens is 287 g/mol. The van der Waals surface area contributed by atoms with Gasteiger partial charge in [0.05, 0.1) is 0 Å². The molecule has 1 aromatic carbocycles. The SMILES string of the molecule is CCOP(OCC)(OC(C)C)(OC(C)C)c1ccccc1. The summed E-state index contributed by atoms with van der Waals surface area (Å²) in [4.78, 5) is 0. The van der Waals surface area contributed by atoms with Crippen molar-refractivity contribution in [2.24, 2.45) is 0 Å². The first-order chi connectivity index (χ1) is 9.88. The fourth-order valence-corrected chi connectivity index (χ4v) is 6.21. The summed E-state index contributed by atoms with van der Waals surface area (Å²) in [5, 5.41) is 0.828. The van der Waals surface area contributed by atoms with Gasteiger partial charge in [-0.3, -0.25) is 0 Å². The molecule has 0 saturated carbocycles. The second-order valence-corrected chi connectivity index (χ2v) is 8.37. The van der Waals surface area contributed by atoms with Gasteiger partial charge in [0.15, 0.2) is 0 Å². The van der Waals surface area contributed by atoms with Crippen molar-refractivity contribution in [1.29, 1.82) is 0 Å². The van der Waals surface area contributed by atoms with E-state index in [4.69, 9.17) is 18.1 Å². The van der Waals surface area contributed by atoms with E-state index in [-0.39, 0.29) is 12.2 Å². The molecule has 0 radical (unpaired) electrons. The van der Waals surface area contributed by atoms with Crippen LogP contribution in [-0.2, 0) is 18.1 Å². The maximum atomic E-state index is 6.27. The van der Waals surface area contributed by atoms with Crippen LogP contribution in [0, 0.1) is 0 Å². The van der Waals surface area contributed by atoms with Crippen molar-refractivity contribution < 1.29 is 18.1 Å². The summed E-state index contributed by atoms with van der Waals surface area (Å²) in [6.07, 6.45) is -0.167. The molecule has 1 rings (SSSR count). The van der Waals surface area contributed by atoms with Crippen LogP contribution >= 0.6 is 7.51 Å². The van der Waals surface area contributed by atoms with E-state index in [2.05, 4.69) is 0 Å². The van der Waals surface area contributed by atoms with Gasteiger partial charge < -0.3 is 0 Å². The number of hydrogen-bond acceptors (Lipinski definition) is 4. The molecule has 5 heteroatoms. The third kappa shape index (κ3) is 4.24. The van der Waals surface area contributed by atoms with E-state index >= 15 is 0 Å². The van der Waals surface area contributed by atoms with Crippen LogP contribution in [0.15, 0.2) is 30.3 Å². The first kappa shape index (κ1) is 18.5. The van der Waals surface area contributed by atoms with Crippen LogP contribution in [0.4, 0.5) is 0 Å². The standard InChI is InChI=1S/C16H29O4P/c1-7-17-21(18-8-2,19-14(3)4,20-15(5)6)16-12-10-9-11-13-16/h9-15H,7-8H2,1-6H3. The van der Waals surface area contributed by atoms with Crippen LogP contribution in [0.3, 0.4) is 0 Å². The zero-order chi connectivity index (χ0) is 16.0. The van der Waals surface area contributed by atoms with Crippen molar-refractivity contribution in [3.63, 3.8) is 0 Å². The summed E-state index contributed by atoms with van der Waals surface area (Å²) in [5.41, 5.74) is 0. The molecule has 0 saturated heterocycles. The Labute approximate surface area is 129 Å². The fourth-order valence-electron chi connectivity index (χ4n) is 2.30. The Morgan fingerprint density at radius 1 is 0.810 bits per heavy atom. The summed E-state index contributed by atoms with van der Waals surface area (Å²) >= 11 is 0. The van der Waals surface area contributed by atoms with Gasteiger partial charge in [0.25, 0.3) is 0 Å². The minimum absolute atomic E-state index is 0.0836. The fraction of sp³-hybridized carbons (Fsp3) is 0.625. The Morgan fingerprint density at radius 2 is 1.24 bits per heavy atom. The van der Waals surface area contributed by atoms with Crippen LogP contribution in [0.2, 0.25) is 0 Å². The molecule has 0 aliphatic heterocycles. The van der Waals surface area contributed by atoms with Gasteiger partial charge in [-0.05, 0) is 0 Å². The molecule has 0 unspecified atom stereocenters. The van der Waals surface area contributed by atoms with Gasteiger partial charge in [-0.1, -0.05) is 0 Å². The van der Waals surface area contributed by atoms with E-state index in [1.807, 2.05) is 71.9 Å². The zero-order valence-electron chi connectivity index (χ0n) is 14.0. The van der Waals surface area contributed by atoms with E-state index < -0.39 is 7.51 Å². The van der Waals surface area contributed by atoms with Gasteiger partial charge in [-0.25, -0.2) is 0 Å². The van der Waals surface area contributed by atoms with Crippen molar-refractivity contribution >= 4 is 12.8 Å². The maximum absolute atomic E-state index is 6.27. The molecule has 0 aliphatic rings. The van der Waals surface area contributed by atoms with Crippen LogP contribution < -0.4 is 5.30 Å². The van der Waals surface area contributed by atoms with Crippen molar-refractivity contribution in [2.45, 2.75) is 53.8 Å². The molecule has 0 aliphatic carbocycles. The summed E-state index contributed by atoms with van der Waals surface area (Å²) in [6, 6.07) is 9.75. The van der Waals surface area contributed by atoms with Crippen LogP contribution in [0.25, 0.3) is 0 Å². The average molecular weight is 316 g/mol. The van der Waals surface area contributed by atoms with Gasteiger partial charge in [-0.15, -0.1) is 0 Å². The second kappa shape index (κ2) is 7.66. The van der Waals surface area contributed by atoms with E-state index in [1.165, 1.54) is 0 Å². The number of hydrogen-bond donors (Lipinski definition) is 0. The second-order valence-electron chi connectivity index (χ2n) is 5.29. The minimum atomic E-state index is -3.84. The van der Waals surface area contributed by atoms with Crippen molar-refractivity contribution in [1.82, 2.24) is 0 Å². The van der Waals surface area contributed by atoms with Crippen molar-refractivity contribution in [3.8, 4) is 0 Å². The predicted octanol–water partition coefficient (Wildman–Crippen LogP) is 4.45. The van der Waals surface area contributed by atoms with Crippen LogP contribution in [0.1, 0.15) is 41.5 Å². The Balaban J connectivity index is 3.51. The van der Waals surface area contributed by atoms with Gasteiger partial charge in [0.2, 0.25) is 0 Å². The molecule has 0 aromatic heterocycles. The molecule has 0 N–H and O–H groups in total. The Kier molecular flexibility index (Phi) is 6.76. The number of rotatable bonds is 9. The number of benzene rings is 1. The van der Waals surface area contributed by atoms with E-state index in [1.54, 1.807) is 0 Å². The summed E-state index contributed by atoms with van der Waals surface area (Å²) in [5.74, 6) is 0. The van der Waals surface area contributed by atoms with E-state index in [0.29, 0.717) is 13.2 Å². The first-order valence-electron chi connectivity index (χ1n) is 7.64. The first-order valence-corrected chi connectivity index (χ1v) is 9.54. The topological polar surface area (TPSA) is 36.9 Å². The molecule has 122 valence electrons. The summed E-state index contributed by atoms with van der Waals surface area (Å²) in [7, 11) is -3.84. The van der Waals surface area contributed by atoms with Crippen molar-refractivity contribution in [3.05, 3.63) is 30.3 Å². The molecule has 0 amide bonds. The third-order valence-electron chi connectivity index (χ3n) is 2.67. The predicted molar refractivity (Wildman–Crippen MR) is 88.7 cm³/mol. The quantitative estimate of drug-likeness (QED) is 0.631. The Hall–Kier alpha value is -0.510. The molecule has 0 fully saturated rings. The van der Waals surface area contributed by atoms with Gasteiger partial charge in [-0.2, -0.15) is 0 Å². The van der Waals surface area contributed by atoms with Crippen LogP contribution in [0.5, 0.6) is 0 Å². The zero-order valence-corrected chi connectivity index (χ0v) is 14.9. The van der Waals surface area contributed by atoms with E-state index in [9.17, 15) is 0 Å². The molecule has 0 spiro atoms. The molecule has 0 heterocycles. The monoisotopic (exact) mass is 316 g/mol. The third-order valence-corrected chi connectivity index (χ3v) is 6.79. The molecule has 0 atom stereocenters. The normalized spacial score (nSPS) is 14.4. The Bertz CT molecular complexity index is 400. The summed E-state index contributed by atoms with van der Waals surface area (Å²) < 4.78 is 24.8. The van der Waals surface area contributed by atoms with Gasteiger partial charge in [0.1, 0.15) is 0 Å². The van der Waals surface area contributed by atoms with Gasteiger partial charge >= 0.3 is 128 Å². The van der Waals surface area contributed by atoms with E-state index in [0.717, 1.165) is 5.30 Å². The summed E-state index contributed by atoms with van der Waals surface area (Å²) in [6.45, 7) is 12.6.